The van der Waals surface area contributed by atoms with E-state index in [4.69, 9.17) is 9.47 Å². The number of nitrogens with zero attached hydrogens (tertiary/aromatic N) is 4. The standard InChI is InChI=1S/C22H27N7O5/c1-23-19-8-18(25-15-5-2-6-28(22(15)32)13-4-3-7-33-10-13)27-20-14(9-24-29(19)20)21(31)26-16-11-34-12-17(16)30/h2,5-6,8-9,13,16-17,23,30H,3-4,7,10-12H2,1H3,(H,25,27)(H,26,31)/t13-,16+,17-/m0/s1. The summed E-state index contributed by atoms with van der Waals surface area (Å²) in [4.78, 5) is 30.6. The highest BCUT2D eigenvalue weighted by molar-refractivity contribution is 6.00. The van der Waals surface area contributed by atoms with Crippen molar-refractivity contribution in [3.8, 4) is 0 Å². The molecule has 34 heavy (non-hydrogen) atoms. The minimum atomic E-state index is -0.765. The minimum absolute atomic E-state index is 0.00801. The number of amides is 1. The van der Waals surface area contributed by atoms with E-state index in [0.717, 1.165) is 12.8 Å². The van der Waals surface area contributed by atoms with Gasteiger partial charge in [0.05, 0.1) is 44.2 Å². The van der Waals surface area contributed by atoms with Crippen molar-refractivity contribution < 1.29 is 19.4 Å². The Morgan fingerprint density at radius 3 is 2.88 bits per heavy atom. The molecule has 0 aliphatic carbocycles. The van der Waals surface area contributed by atoms with E-state index in [1.807, 2.05) is 6.07 Å². The van der Waals surface area contributed by atoms with Crippen LogP contribution in [0.3, 0.4) is 0 Å². The Hall–Kier alpha value is -3.48. The monoisotopic (exact) mass is 469 g/mol. The molecule has 3 atom stereocenters. The molecule has 0 radical (unpaired) electrons. The van der Waals surface area contributed by atoms with Crippen LogP contribution in [0.25, 0.3) is 5.65 Å². The van der Waals surface area contributed by atoms with E-state index in [-0.39, 0.29) is 30.4 Å². The van der Waals surface area contributed by atoms with Gasteiger partial charge in [-0.25, -0.2) is 4.98 Å². The molecule has 2 aliphatic heterocycles. The van der Waals surface area contributed by atoms with E-state index < -0.39 is 18.1 Å². The van der Waals surface area contributed by atoms with Crippen LogP contribution in [0.4, 0.5) is 17.3 Å². The normalized spacial score (nSPS) is 22.6. The Labute approximate surface area is 194 Å². The number of aliphatic hydroxyl groups is 1. The van der Waals surface area contributed by atoms with Crippen LogP contribution < -0.4 is 21.5 Å². The number of pyridine rings is 1. The number of nitrogens with one attached hydrogen (secondary N) is 3. The molecule has 3 aromatic heterocycles. The molecule has 2 aliphatic rings. The van der Waals surface area contributed by atoms with Crippen LogP contribution in [0.2, 0.25) is 0 Å². The summed E-state index contributed by atoms with van der Waals surface area (Å²) in [5.74, 6) is 0.536. The predicted octanol–water partition coefficient (Wildman–Crippen LogP) is 0.517. The number of ether oxygens (including phenoxy) is 2. The van der Waals surface area contributed by atoms with Crippen molar-refractivity contribution in [2.24, 2.45) is 0 Å². The van der Waals surface area contributed by atoms with E-state index in [0.29, 0.717) is 36.2 Å². The lowest BCUT2D eigenvalue weighted by Gasteiger charge is -2.24. The quantitative estimate of drug-likeness (QED) is 0.406. The third-order valence-corrected chi connectivity index (χ3v) is 6.11. The van der Waals surface area contributed by atoms with Crippen LogP contribution in [0, 0.1) is 0 Å². The molecule has 1 amide bonds. The van der Waals surface area contributed by atoms with Crippen LogP contribution in [0.1, 0.15) is 29.2 Å². The lowest BCUT2D eigenvalue weighted by Crippen LogP contribution is -2.42. The summed E-state index contributed by atoms with van der Waals surface area (Å²) in [7, 11) is 1.73. The highest BCUT2D eigenvalue weighted by Gasteiger charge is 2.29. The molecule has 180 valence electrons. The van der Waals surface area contributed by atoms with E-state index in [1.165, 1.54) is 10.7 Å². The average molecular weight is 470 g/mol. The van der Waals surface area contributed by atoms with Crippen LogP contribution in [-0.4, -0.2) is 75.8 Å². The van der Waals surface area contributed by atoms with Gasteiger partial charge in [-0.05, 0) is 25.0 Å². The van der Waals surface area contributed by atoms with Crippen molar-refractivity contribution >= 4 is 28.9 Å². The van der Waals surface area contributed by atoms with E-state index >= 15 is 0 Å². The number of hydrogen-bond acceptors (Lipinski definition) is 9. The van der Waals surface area contributed by atoms with Crippen LogP contribution >= 0.6 is 0 Å². The lowest BCUT2D eigenvalue weighted by molar-refractivity contribution is 0.0581. The fourth-order valence-corrected chi connectivity index (χ4v) is 4.27. The average Bonchev–Trinajstić information content (AvgIpc) is 3.46. The predicted molar refractivity (Wildman–Crippen MR) is 124 cm³/mol. The third kappa shape index (κ3) is 4.22. The SMILES string of the molecule is CNc1cc(Nc2cccn([C@H]3CCCOC3)c2=O)nc2c(C(=O)N[C@@H]3COC[C@@H]3O)cnn12. The van der Waals surface area contributed by atoms with E-state index in [9.17, 15) is 14.7 Å². The van der Waals surface area contributed by atoms with Crippen molar-refractivity contribution in [2.45, 2.75) is 31.0 Å². The number of rotatable bonds is 6. The molecule has 0 bridgehead atoms. The van der Waals surface area contributed by atoms with Crippen molar-refractivity contribution in [3.05, 3.63) is 46.5 Å². The van der Waals surface area contributed by atoms with Crippen LogP contribution in [0.15, 0.2) is 35.4 Å². The van der Waals surface area contributed by atoms with Crippen molar-refractivity contribution in [3.63, 3.8) is 0 Å². The third-order valence-electron chi connectivity index (χ3n) is 6.11. The van der Waals surface area contributed by atoms with Gasteiger partial charge in [-0.2, -0.15) is 9.61 Å². The fraction of sp³-hybridized carbons (Fsp3) is 0.455. The first-order valence-electron chi connectivity index (χ1n) is 11.2. The molecule has 0 unspecified atom stereocenters. The van der Waals surface area contributed by atoms with Gasteiger partial charge in [0, 0.05) is 25.9 Å². The van der Waals surface area contributed by atoms with Gasteiger partial charge in [0.2, 0.25) is 0 Å². The molecule has 0 aromatic carbocycles. The van der Waals surface area contributed by atoms with Gasteiger partial charge in [0.1, 0.15) is 22.9 Å². The van der Waals surface area contributed by atoms with Crippen LogP contribution in [0.5, 0.6) is 0 Å². The summed E-state index contributed by atoms with van der Waals surface area (Å²) < 4.78 is 13.9. The number of hydrogen-bond donors (Lipinski definition) is 4. The first kappa shape index (κ1) is 22.3. The largest absolute Gasteiger partial charge is 0.388 e. The number of fused-ring (bicyclic) bond motifs is 1. The lowest BCUT2D eigenvalue weighted by atomic mass is 10.1. The topological polar surface area (TPSA) is 144 Å². The molecule has 0 saturated carbocycles. The number of anilines is 3. The smallest absolute Gasteiger partial charge is 0.274 e. The molecule has 0 spiro atoms. The summed E-state index contributed by atoms with van der Waals surface area (Å²) in [5, 5.41) is 23.1. The number of carbonyl (C=O) groups excluding carboxylic acids is 1. The molecule has 5 rings (SSSR count). The molecule has 3 aromatic rings. The van der Waals surface area contributed by atoms with Gasteiger partial charge in [-0.15, -0.1) is 0 Å². The summed E-state index contributed by atoms with van der Waals surface area (Å²) in [6, 6.07) is 4.70. The molecular formula is C22H27N7O5. The van der Waals surface area contributed by atoms with Gasteiger partial charge >= 0.3 is 0 Å². The van der Waals surface area contributed by atoms with Crippen molar-refractivity contribution in [2.75, 3.05) is 44.1 Å². The summed E-state index contributed by atoms with van der Waals surface area (Å²) in [6.45, 7) is 1.64. The van der Waals surface area contributed by atoms with E-state index in [1.54, 1.807) is 29.9 Å². The number of aliphatic hydroxyl groups excluding tert-OH is 1. The zero-order chi connectivity index (χ0) is 23.7. The Bertz CT molecular complexity index is 1250. The maximum Gasteiger partial charge on any atom is 0.274 e. The van der Waals surface area contributed by atoms with Gasteiger partial charge in [-0.3, -0.25) is 9.59 Å². The van der Waals surface area contributed by atoms with Crippen molar-refractivity contribution in [1.82, 2.24) is 24.5 Å². The van der Waals surface area contributed by atoms with Gasteiger partial charge in [0.25, 0.3) is 11.5 Å². The Kier molecular flexibility index (Phi) is 6.18. The van der Waals surface area contributed by atoms with Crippen LogP contribution in [-0.2, 0) is 9.47 Å². The highest BCUT2D eigenvalue weighted by atomic mass is 16.5. The summed E-state index contributed by atoms with van der Waals surface area (Å²) in [5.41, 5.74) is 0.734. The zero-order valence-electron chi connectivity index (χ0n) is 18.7. The second kappa shape index (κ2) is 9.41. The molecule has 12 heteroatoms. The maximum absolute atomic E-state index is 13.1. The molecule has 5 heterocycles. The Morgan fingerprint density at radius 2 is 2.15 bits per heavy atom. The molecular weight excluding hydrogens is 442 g/mol. The fourth-order valence-electron chi connectivity index (χ4n) is 4.27. The molecule has 12 nitrogen and oxygen atoms in total. The Balaban J connectivity index is 1.46. The first-order chi connectivity index (χ1) is 16.5. The second-order valence-corrected chi connectivity index (χ2v) is 8.39. The molecule has 2 fully saturated rings. The number of aromatic nitrogens is 4. The van der Waals surface area contributed by atoms with E-state index in [2.05, 4.69) is 26.0 Å². The van der Waals surface area contributed by atoms with Gasteiger partial charge in [0.15, 0.2) is 5.65 Å². The first-order valence-corrected chi connectivity index (χ1v) is 11.2. The molecule has 2 saturated heterocycles. The second-order valence-electron chi connectivity index (χ2n) is 8.39. The number of carbonyl (C=O) groups is 1. The van der Waals surface area contributed by atoms with Crippen molar-refractivity contribution in [1.29, 1.82) is 0 Å². The summed E-state index contributed by atoms with van der Waals surface area (Å²) in [6.07, 6.45) is 4.21. The van der Waals surface area contributed by atoms with Gasteiger partial charge in [-0.1, -0.05) is 0 Å². The summed E-state index contributed by atoms with van der Waals surface area (Å²) >= 11 is 0. The minimum Gasteiger partial charge on any atom is -0.388 e. The maximum atomic E-state index is 13.1. The highest BCUT2D eigenvalue weighted by Crippen LogP contribution is 2.22. The Morgan fingerprint density at radius 1 is 1.26 bits per heavy atom. The molecule has 4 N–H and O–H groups in total. The zero-order valence-corrected chi connectivity index (χ0v) is 18.7. The van der Waals surface area contributed by atoms with Gasteiger partial charge < -0.3 is 35.1 Å².